The highest BCUT2D eigenvalue weighted by atomic mass is 16.3. The van der Waals surface area contributed by atoms with Crippen molar-refractivity contribution in [3.63, 3.8) is 0 Å². The number of hydrogen-bond acceptors (Lipinski definition) is 2. The predicted octanol–water partition coefficient (Wildman–Crippen LogP) is 5.22. The van der Waals surface area contributed by atoms with Crippen molar-refractivity contribution in [1.82, 2.24) is 0 Å². The molecule has 0 radical (unpaired) electrons. The van der Waals surface area contributed by atoms with E-state index >= 15 is 0 Å². The van der Waals surface area contributed by atoms with E-state index in [0.717, 1.165) is 38.5 Å². The predicted molar refractivity (Wildman–Crippen MR) is 102 cm³/mol. The third kappa shape index (κ3) is 7.05. The van der Waals surface area contributed by atoms with Gasteiger partial charge in [0, 0.05) is 12.3 Å². The molecule has 0 saturated heterocycles. The lowest BCUT2D eigenvalue weighted by Gasteiger charge is -2.20. The third-order valence-electron chi connectivity index (χ3n) is 4.97. The van der Waals surface area contributed by atoms with Crippen LogP contribution in [0.1, 0.15) is 78.1 Å². The number of aliphatic hydroxyl groups is 1. The minimum atomic E-state index is -1.16. The molecule has 0 aromatic carbocycles. The zero-order valence-corrected chi connectivity index (χ0v) is 15.5. The molecule has 1 rings (SSSR count). The van der Waals surface area contributed by atoms with E-state index in [1.165, 1.54) is 12.8 Å². The zero-order valence-electron chi connectivity index (χ0n) is 15.5. The second-order valence-corrected chi connectivity index (χ2v) is 7.01. The van der Waals surface area contributed by atoms with Crippen LogP contribution >= 0.6 is 0 Å². The third-order valence-corrected chi connectivity index (χ3v) is 4.97. The summed E-state index contributed by atoms with van der Waals surface area (Å²) in [6, 6.07) is 0. The zero-order chi connectivity index (χ0) is 17.8. The number of Topliss-reactive ketones (excluding diaryl/α,β-unsaturated/α-hetero) is 1. The van der Waals surface area contributed by atoms with Gasteiger partial charge in [-0.3, -0.25) is 4.79 Å². The molecule has 1 aliphatic rings. The minimum absolute atomic E-state index is 0.0526. The van der Waals surface area contributed by atoms with Crippen LogP contribution in [0.15, 0.2) is 24.3 Å². The van der Waals surface area contributed by atoms with Crippen molar-refractivity contribution >= 4 is 5.78 Å². The number of unbranched alkanes of at least 4 members (excludes halogenated alkanes) is 4. The molecule has 0 spiro atoms. The first-order valence-electron chi connectivity index (χ1n) is 9.63. The van der Waals surface area contributed by atoms with E-state index in [2.05, 4.69) is 31.9 Å². The Balaban J connectivity index is 2.60. The van der Waals surface area contributed by atoms with E-state index in [4.69, 9.17) is 6.42 Å². The first-order chi connectivity index (χ1) is 11.6. The Bertz CT molecular complexity index is 469. The topological polar surface area (TPSA) is 37.3 Å². The Morgan fingerprint density at radius 2 is 2.00 bits per heavy atom. The summed E-state index contributed by atoms with van der Waals surface area (Å²) in [5, 5.41) is 10.5. The van der Waals surface area contributed by atoms with Crippen LogP contribution in [0, 0.1) is 24.2 Å². The van der Waals surface area contributed by atoms with E-state index in [-0.39, 0.29) is 11.8 Å². The van der Waals surface area contributed by atoms with Crippen molar-refractivity contribution in [1.29, 1.82) is 0 Å². The number of hydrogen-bond donors (Lipinski definition) is 1. The van der Waals surface area contributed by atoms with Crippen molar-refractivity contribution in [3.05, 3.63) is 24.3 Å². The highest BCUT2D eigenvalue weighted by Crippen LogP contribution is 2.33. The van der Waals surface area contributed by atoms with Gasteiger partial charge in [0.15, 0.2) is 0 Å². The normalized spacial score (nSPS) is 23.8. The van der Waals surface area contributed by atoms with Crippen LogP contribution in [0.3, 0.4) is 0 Å². The van der Waals surface area contributed by atoms with E-state index in [1.807, 2.05) is 6.08 Å². The van der Waals surface area contributed by atoms with Crippen molar-refractivity contribution < 1.29 is 9.90 Å². The first-order valence-corrected chi connectivity index (χ1v) is 9.63. The Morgan fingerprint density at radius 1 is 1.25 bits per heavy atom. The molecule has 2 nitrogen and oxygen atoms in total. The van der Waals surface area contributed by atoms with Crippen LogP contribution in [0.25, 0.3) is 0 Å². The highest BCUT2D eigenvalue weighted by molar-refractivity contribution is 5.83. The summed E-state index contributed by atoms with van der Waals surface area (Å²) in [7, 11) is 0. The van der Waals surface area contributed by atoms with E-state index < -0.39 is 5.60 Å². The lowest BCUT2D eigenvalue weighted by molar-refractivity contribution is -0.120. The number of rotatable bonds is 11. The molecule has 0 amide bonds. The Labute approximate surface area is 148 Å². The molecule has 2 heteroatoms. The smallest absolute Gasteiger partial charge is 0.143 e. The molecule has 1 aliphatic carbocycles. The molecule has 0 bridgehead atoms. The van der Waals surface area contributed by atoms with Crippen molar-refractivity contribution in [2.45, 2.75) is 83.7 Å². The van der Waals surface area contributed by atoms with Crippen LogP contribution in [-0.2, 0) is 4.79 Å². The van der Waals surface area contributed by atoms with E-state index in [9.17, 15) is 9.90 Å². The van der Waals surface area contributed by atoms with Gasteiger partial charge in [0.2, 0.25) is 0 Å². The second kappa shape index (κ2) is 11.3. The molecule has 1 unspecified atom stereocenters. The molecule has 0 aromatic rings. The van der Waals surface area contributed by atoms with Gasteiger partial charge in [-0.1, -0.05) is 63.7 Å². The van der Waals surface area contributed by atoms with Gasteiger partial charge in [0.1, 0.15) is 11.4 Å². The summed E-state index contributed by atoms with van der Waals surface area (Å²) in [5.74, 6) is 3.13. The largest absolute Gasteiger partial charge is 0.374 e. The minimum Gasteiger partial charge on any atom is -0.374 e. The second-order valence-electron chi connectivity index (χ2n) is 7.01. The van der Waals surface area contributed by atoms with Crippen LogP contribution in [0.4, 0.5) is 0 Å². The molecule has 134 valence electrons. The molecular weight excluding hydrogens is 296 g/mol. The van der Waals surface area contributed by atoms with Crippen LogP contribution in [0.2, 0.25) is 0 Å². The van der Waals surface area contributed by atoms with Gasteiger partial charge in [0.05, 0.1) is 0 Å². The molecule has 0 aliphatic heterocycles. The van der Waals surface area contributed by atoms with Crippen LogP contribution in [-0.4, -0.2) is 16.5 Å². The maximum absolute atomic E-state index is 12.1. The van der Waals surface area contributed by atoms with Gasteiger partial charge in [-0.25, -0.2) is 0 Å². The molecule has 1 saturated carbocycles. The molecule has 0 heterocycles. The van der Waals surface area contributed by atoms with Gasteiger partial charge in [-0.15, -0.1) is 6.42 Å². The maximum atomic E-state index is 12.1. The fourth-order valence-corrected chi connectivity index (χ4v) is 3.28. The first kappa shape index (κ1) is 20.7. The molecule has 0 aromatic heterocycles. The summed E-state index contributed by atoms with van der Waals surface area (Å²) >= 11 is 0. The Hall–Kier alpha value is -1.33. The molecule has 1 N–H and O–H groups in total. The lowest BCUT2D eigenvalue weighted by atomic mass is 9.88. The standard InChI is InChI=1S/C22H34O2/c1-4-7-9-10-11-13-20-19(14-15-21(20)23)16-18-22(24,6-3)17-12-8-5-2/h3,10-11,16,18-20,24H,4-5,7-9,12-15,17H2,1-2H3/t19-,20-,22?/m1/s1. The number of carbonyl (C=O) groups excluding carboxylic acids is 1. The number of allylic oxidation sites excluding steroid dienone is 3. The summed E-state index contributed by atoms with van der Waals surface area (Å²) in [4.78, 5) is 12.1. The lowest BCUT2D eigenvalue weighted by Crippen LogP contribution is -2.24. The van der Waals surface area contributed by atoms with Gasteiger partial charge < -0.3 is 5.11 Å². The number of carbonyl (C=O) groups is 1. The number of terminal acetylenes is 1. The van der Waals surface area contributed by atoms with Crippen LogP contribution < -0.4 is 0 Å². The molecular formula is C22H34O2. The fourth-order valence-electron chi connectivity index (χ4n) is 3.28. The Morgan fingerprint density at radius 3 is 2.67 bits per heavy atom. The van der Waals surface area contributed by atoms with Gasteiger partial charge in [0.25, 0.3) is 0 Å². The van der Waals surface area contributed by atoms with Gasteiger partial charge >= 0.3 is 0 Å². The van der Waals surface area contributed by atoms with Gasteiger partial charge in [-0.2, -0.15) is 0 Å². The van der Waals surface area contributed by atoms with Crippen molar-refractivity contribution in [3.8, 4) is 12.3 Å². The van der Waals surface area contributed by atoms with Crippen molar-refractivity contribution in [2.24, 2.45) is 11.8 Å². The van der Waals surface area contributed by atoms with E-state index in [0.29, 0.717) is 18.6 Å². The maximum Gasteiger partial charge on any atom is 0.143 e. The van der Waals surface area contributed by atoms with E-state index in [1.54, 1.807) is 6.08 Å². The monoisotopic (exact) mass is 330 g/mol. The average Bonchev–Trinajstić information content (AvgIpc) is 2.93. The number of ketones is 1. The van der Waals surface area contributed by atoms with Crippen LogP contribution in [0.5, 0.6) is 0 Å². The fraction of sp³-hybridized carbons (Fsp3) is 0.682. The average molecular weight is 331 g/mol. The molecule has 3 atom stereocenters. The molecule has 1 fully saturated rings. The summed E-state index contributed by atoms with van der Waals surface area (Å²) < 4.78 is 0. The Kier molecular flexibility index (Phi) is 9.72. The summed E-state index contributed by atoms with van der Waals surface area (Å²) in [5.41, 5.74) is -1.16. The summed E-state index contributed by atoms with van der Waals surface area (Å²) in [6.45, 7) is 4.32. The van der Waals surface area contributed by atoms with Gasteiger partial charge in [-0.05, 0) is 44.1 Å². The highest BCUT2D eigenvalue weighted by Gasteiger charge is 2.32. The molecule has 24 heavy (non-hydrogen) atoms. The summed E-state index contributed by atoms with van der Waals surface area (Å²) in [6.07, 6.45) is 23.2. The quantitative estimate of drug-likeness (QED) is 0.320. The SMILES string of the molecule is C#CC(O)(C=C[C@H]1CCC(=O)[C@@H]1CC=CCCCC)CCCCC. The van der Waals surface area contributed by atoms with Crippen molar-refractivity contribution in [2.75, 3.05) is 0 Å².